The molecule has 0 spiro atoms. The first-order valence-corrected chi connectivity index (χ1v) is 7.88. The summed E-state index contributed by atoms with van der Waals surface area (Å²) in [7, 11) is 0. The molecule has 126 valence electrons. The van der Waals surface area contributed by atoms with Crippen LogP contribution in [0.25, 0.3) is 0 Å². The maximum atomic E-state index is 12.4. The maximum absolute atomic E-state index is 12.4. The normalized spacial score (nSPS) is 26.2. The van der Waals surface area contributed by atoms with Crippen LogP contribution >= 0.6 is 24.8 Å². The Morgan fingerprint density at radius 3 is 2.19 bits per heavy atom. The van der Waals surface area contributed by atoms with Gasteiger partial charge in [-0.25, -0.2) is 0 Å². The fourth-order valence-electron chi connectivity index (χ4n) is 3.28. The lowest BCUT2D eigenvalue weighted by Gasteiger charge is -2.28. The van der Waals surface area contributed by atoms with Crippen molar-refractivity contribution in [3.8, 4) is 0 Å². The SMILES string of the molecule is CC(N)C(C)C(=O)N1CCCC(N2CCCC2)CC1.Cl.Cl. The molecule has 2 fully saturated rings. The summed E-state index contributed by atoms with van der Waals surface area (Å²) in [6.07, 6.45) is 6.22. The first-order chi connectivity index (χ1) is 9.09. The first kappa shape index (κ1) is 21.0. The number of hydrogen-bond donors (Lipinski definition) is 1. The summed E-state index contributed by atoms with van der Waals surface area (Å²) in [5.74, 6) is 0.195. The van der Waals surface area contributed by atoms with E-state index < -0.39 is 0 Å². The zero-order chi connectivity index (χ0) is 13.8. The number of nitrogens with two attached hydrogens (primary N) is 1. The Morgan fingerprint density at radius 2 is 1.62 bits per heavy atom. The van der Waals surface area contributed by atoms with E-state index in [1.54, 1.807) is 0 Å². The molecule has 0 aromatic carbocycles. The Hall–Kier alpha value is -0.0300. The van der Waals surface area contributed by atoms with Gasteiger partial charge in [0.05, 0.1) is 5.92 Å². The zero-order valence-electron chi connectivity index (χ0n) is 13.3. The van der Waals surface area contributed by atoms with Crippen LogP contribution in [0.15, 0.2) is 0 Å². The molecule has 6 heteroatoms. The third-order valence-electron chi connectivity index (χ3n) is 4.84. The monoisotopic (exact) mass is 339 g/mol. The molecular formula is C15H31Cl2N3O. The Morgan fingerprint density at radius 1 is 1.00 bits per heavy atom. The molecule has 0 aromatic heterocycles. The summed E-state index contributed by atoms with van der Waals surface area (Å²) in [5, 5.41) is 0. The lowest BCUT2D eigenvalue weighted by molar-refractivity contribution is -0.135. The van der Waals surface area contributed by atoms with Gasteiger partial charge in [-0.15, -0.1) is 24.8 Å². The summed E-state index contributed by atoms with van der Waals surface area (Å²) in [4.78, 5) is 17.0. The molecular weight excluding hydrogens is 309 g/mol. The van der Waals surface area contributed by atoms with E-state index in [9.17, 15) is 4.79 Å². The van der Waals surface area contributed by atoms with Gasteiger partial charge in [0, 0.05) is 25.2 Å². The molecule has 3 atom stereocenters. The van der Waals surface area contributed by atoms with Crippen LogP contribution in [0, 0.1) is 5.92 Å². The van der Waals surface area contributed by atoms with Crippen molar-refractivity contribution in [2.24, 2.45) is 11.7 Å². The van der Waals surface area contributed by atoms with E-state index >= 15 is 0 Å². The Bertz CT molecular complexity index is 309. The van der Waals surface area contributed by atoms with E-state index in [4.69, 9.17) is 5.73 Å². The summed E-state index contributed by atoms with van der Waals surface area (Å²) in [5.41, 5.74) is 5.85. The highest BCUT2D eigenvalue weighted by atomic mass is 35.5. The van der Waals surface area contributed by atoms with Crippen LogP contribution in [-0.2, 0) is 4.79 Å². The van der Waals surface area contributed by atoms with Gasteiger partial charge in [-0.2, -0.15) is 0 Å². The zero-order valence-corrected chi connectivity index (χ0v) is 14.9. The van der Waals surface area contributed by atoms with Gasteiger partial charge in [0.1, 0.15) is 0 Å². The van der Waals surface area contributed by atoms with Crippen LogP contribution < -0.4 is 5.73 Å². The van der Waals surface area contributed by atoms with Gasteiger partial charge in [0.2, 0.25) is 5.91 Å². The Kier molecular flexibility index (Phi) is 9.87. The summed E-state index contributed by atoms with van der Waals surface area (Å²) in [6, 6.07) is 0.649. The van der Waals surface area contributed by atoms with E-state index in [1.165, 1.54) is 32.4 Å². The highest BCUT2D eigenvalue weighted by Gasteiger charge is 2.28. The number of carbonyl (C=O) groups excluding carboxylic acids is 1. The number of nitrogens with zero attached hydrogens (tertiary/aromatic N) is 2. The van der Waals surface area contributed by atoms with E-state index in [0.29, 0.717) is 6.04 Å². The van der Waals surface area contributed by atoms with Crippen molar-refractivity contribution in [2.45, 2.75) is 58.0 Å². The van der Waals surface area contributed by atoms with Gasteiger partial charge in [0.25, 0.3) is 0 Å². The summed E-state index contributed by atoms with van der Waals surface area (Å²) >= 11 is 0. The molecule has 2 heterocycles. The predicted octanol–water partition coefficient (Wildman–Crippen LogP) is 2.29. The number of rotatable bonds is 3. The number of likely N-dealkylation sites (tertiary alicyclic amines) is 2. The highest BCUT2D eigenvalue weighted by molar-refractivity contribution is 5.85. The van der Waals surface area contributed by atoms with E-state index in [0.717, 1.165) is 25.9 Å². The minimum atomic E-state index is -0.0525. The van der Waals surface area contributed by atoms with Crippen LogP contribution in [0.2, 0.25) is 0 Å². The van der Waals surface area contributed by atoms with Crippen molar-refractivity contribution < 1.29 is 4.79 Å². The van der Waals surface area contributed by atoms with E-state index in [1.807, 2.05) is 18.7 Å². The first-order valence-electron chi connectivity index (χ1n) is 7.88. The molecule has 21 heavy (non-hydrogen) atoms. The highest BCUT2D eigenvalue weighted by Crippen LogP contribution is 2.22. The Labute approximate surface area is 141 Å². The van der Waals surface area contributed by atoms with Gasteiger partial charge >= 0.3 is 0 Å². The molecule has 0 aromatic rings. The predicted molar refractivity (Wildman–Crippen MR) is 92.3 cm³/mol. The second-order valence-corrected chi connectivity index (χ2v) is 6.30. The van der Waals surface area contributed by atoms with Gasteiger partial charge in [-0.1, -0.05) is 6.92 Å². The molecule has 4 nitrogen and oxygen atoms in total. The third kappa shape index (κ3) is 5.59. The van der Waals surface area contributed by atoms with Crippen LogP contribution in [0.5, 0.6) is 0 Å². The average molecular weight is 340 g/mol. The van der Waals surface area contributed by atoms with Gasteiger partial charge in [0.15, 0.2) is 0 Å². The van der Waals surface area contributed by atoms with Crippen molar-refractivity contribution in [3.05, 3.63) is 0 Å². The molecule has 0 aliphatic carbocycles. The molecule has 0 saturated carbocycles. The molecule has 2 rings (SSSR count). The van der Waals surface area contributed by atoms with Crippen LogP contribution in [-0.4, -0.2) is 54.0 Å². The smallest absolute Gasteiger partial charge is 0.226 e. The molecule has 0 radical (unpaired) electrons. The minimum absolute atomic E-state index is 0. The number of hydrogen-bond acceptors (Lipinski definition) is 3. The molecule has 2 aliphatic heterocycles. The number of amides is 1. The number of carbonyl (C=O) groups is 1. The maximum Gasteiger partial charge on any atom is 0.226 e. The standard InChI is InChI=1S/C15H29N3O.2ClH/c1-12(13(2)16)15(19)18-10-5-6-14(7-11-18)17-8-3-4-9-17;;/h12-14H,3-11,16H2,1-2H3;2*1H. The van der Waals surface area contributed by atoms with Crippen molar-refractivity contribution in [1.82, 2.24) is 9.80 Å². The summed E-state index contributed by atoms with van der Waals surface area (Å²) in [6.45, 7) is 8.23. The quantitative estimate of drug-likeness (QED) is 0.858. The topological polar surface area (TPSA) is 49.6 Å². The average Bonchev–Trinajstić information content (AvgIpc) is 2.81. The van der Waals surface area contributed by atoms with Crippen LogP contribution in [0.1, 0.15) is 46.0 Å². The van der Waals surface area contributed by atoms with Crippen molar-refractivity contribution in [3.63, 3.8) is 0 Å². The van der Waals surface area contributed by atoms with E-state index in [2.05, 4.69) is 4.90 Å². The van der Waals surface area contributed by atoms with Gasteiger partial charge in [-0.05, 0) is 52.1 Å². The third-order valence-corrected chi connectivity index (χ3v) is 4.84. The van der Waals surface area contributed by atoms with Crippen molar-refractivity contribution in [1.29, 1.82) is 0 Å². The fourth-order valence-corrected chi connectivity index (χ4v) is 3.28. The molecule has 2 saturated heterocycles. The number of halogens is 2. The second-order valence-electron chi connectivity index (χ2n) is 6.30. The molecule has 2 aliphatic rings. The molecule has 2 N–H and O–H groups in total. The second kappa shape index (κ2) is 9.88. The molecule has 1 amide bonds. The lowest BCUT2D eigenvalue weighted by atomic mass is 10.0. The van der Waals surface area contributed by atoms with E-state index in [-0.39, 0.29) is 42.7 Å². The molecule has 0 bridgehead atoms. The Balaban J connectivity index is 0.00000200. The minimum Gasteiger partial charge on any atom is -0.342 e. The molecule has 3 unspecified atom stereocenters. The summed E-state index contributed by atoms with van der Waals surface area (Å²) < 4.78 is 0. The van der Waals surface area contributed by atoms with Crippen LogP contribution in [0.4, 0.5) is 0 Å². The lowest BCUT2D eigenvalue weighted by Crippen LogP contribution is -2.42. The van der Waals surface area contributed by atoms with Crippen molar-refractivity contribution in [2.75, 3.05) is 26.2 Å². The fraction of sp³-hybridized carbons (Fsp3) is 0.933. The van der Waals surface area contributed by atoms with Crippen LogP contribution in [0.3, 0.4) is 0 Å². The largest absolute Gasteiger partial charge is 0.342 e. The van der Waals surface area contributed by atoms with Crippen molar-refractivity contribution >= 4 is 30.7 Å². The van der Waals surface area contributed by atoms with Gasteiger partial charge < -0.3 is 15.5 Å². The van der Waals surface area contributed by atoms with Gasteiger partial charge in [-0.3, -0.25) is 4.79 Å².